The van der Waals surface area contributed by atoms with E-state index in [4.69, 9.17) is 5.73 Å². The molecule has 0 aliphatic rings. The van der Waals surface area contributed by atoms with Crippen LogP contribution in [0.2, 0.25) is 0 Å². The van der Waals surface area contributed by atoms with E-state index in [9.17, 15) is 28.2 Å². The van der Waals surface area contributed by atoms with E-state index in [1.54, 1.807) is 12.3 Å². The molecule has 0 radical (unpaired) electrons. The summed E-state index contributed by atoms with van der Waals surface area (Å²) in [7, 11) is 0. The molecule has 1 amide bonds. The summed E-state index contributed by atoms with van der Waals surface area (Å²) in [4.78, 5) is 16.1. The van der Waals surface area contributed by atoms with E-state index in [1.807, 2.05) is 0 Å². The molecular formula is C15H24F3N3O3S. The Kier molecular flexibility index (Phi) is 8.77. The van der Waals surface area contributed by atoms with Gasteiger partial charge in [-0.3, -0.25) is 4.79 Å². The van der Waals surface area contributed by atoms with Crippen LogP contribution in [0, 0.1) is 0 Å². The highest BCUT2D eigenvalue weighted by molar-refractivity contribution is 7.09. The summed E-state index contributed by atoms with van der Waals surface area (Å²) < 4.78 is 37.0. The van der Waals surface area contributed by atoms with Gasteiger partial charge in [-0.1, -0.05) is 0 Å². The summed E-state index contributed by atoms with van der Waals surface area (Å²) in [5, 5.41) is 24.0. The zero-order valence-corrected chi connectivity index (χ0v) is 14.7. The fourth-order valence-corrected chi connectivity index (χ4v) is 2.91. The molecule has 10 heteroatoms. The van der Waals surface area contributed by atoms with Gasteiger partial charge >= 0.3 is 6.18 Å². The zero-order chi connectivity index (χ0) is 19.0. The number of nitrogens with two attached hydrogens (primary N) is 1. The molecule has 6 nitrogen and oxygen atoms in total. The van der Waals surface area contributed by atoms with Crippen LogP contribution >= 0.6 is 11.3 Å². The number of carbonyl (C=O) groups is 1. The normalized spacial score (nSPS) is 16.9. The number of hydrogen-bond donors (Lipinski definition) is 4. The quantitative estimate of drug-likeness (QED) is 0.493. The Morgan fingerprint density at radius 3 is 2.56 bits per heavy atom. The Morgan fingerprint density at radius 2 is 2.04 bits per heavy atom. The minimum absolute atomic E-state index is 0.0604. The number of aromatic nitrogens is 1. The second kappa shape index (κ2) is 10.0. The highest BCUT2D eigenvalue weighted by atomic mass is 32.1. The van der Waals surface area contributed by atoms with Crippen LogP contribution in [-0.2, 0) is 4.79 Å². The topological polar surface area (TPSA) is 108 Å². The van der Waals surface area contributed by atoms with E-state index in [0.717, 1.165) is 11.3 Å². The first-order valence-electron chi connectivity index (χ1n) is 7.98. The number of carbonyl (C=O) groups excluding carboxylic acids is 1. The van der Waals surface area contributed by atoms with Crippen molar-refractivity contribution in [2.75, 3.05) is 0 Å². The lowest BCUT2D eigenvalue weighted by Crippen LogP contribution is -2.47. The van der Waals surface area contributed by atoms with Crippen molar-refractivity contribution in [2.24, 2.45) is 5.73 Å². The number of halogens is 3. The molecule has 1 aromatic rings. The highest BCUT2D eigenvalue weighted by Crippen LogP contribution is 2.26. The summed E-state index contributed by atoms with van der Waals surface area (Å²) in [6.45, 7) is 1.57. The van der Waals surface area contributed by atoms with Crippen molar-refractivity contribution in [1.29, 1.82) is 0 Å². The molecule has 1 rings (SSSR count). The van der Waals surface area contributed by atoms with Gasteiger partial charge in [0.25, 0.3) is 0 Å². The van der Waals surface area contributed by atoms with Crippen LogP contribution in [0.25, 0.3) is 0 Å². The minimum Gasteiger partial charge on any atom is -0.393 e. The number of amides is 1. The van der Waals surface area contributed by atoms with Crippen LogP contribution in [0.15, 0.2) is 11.6 Å². The second-order valence-electron chi connectivity index (χ2n) is 5.97. The first-order valence-corrected chi connectivity index (χ1v) is 8.86. The van der Waals surface area contributed by atoms with Crippen molar-refractivity contribution in [2.45, 2.75) is 69.5 Å². The third kappa shape index (κ3) is 8.61. The summed E-state index contributed by atoms with van der Waals surface area (Å²) in [5.74, 6) is -0.576. The monoisotopic (exact) mass is 383 g/mol. The lowest BCUT2D eigenvalue weighted by molar-refractivity contribution is -0.136. The van der Waals surface area contributed by atoms with E-state index in [-0.39, 0.29) is 19.3 Å². The third-order valence-electron chi connectivity index (χ3n) is 3.62. The molecule has 0 fully saturated rings. The summed E-state index contributed by atoms with van der Waals surface area (Å²) in [5.41, 5.74) is 5.73. The van der Waals surface area contributed by atoms with Gasteiger partial charge in [0, 0.05) is 18.0 Å². The molecule has 0 aliphatic carbocycles. The molecule has 0 aromatic carbocycles. The van der Waals surface area contributed by atoms with Gasteiger partial charge in [0.05, 0.1) is 18.2 Å². The number of aliphatic hydroxyl groups is 2. The Morgan fingerprint density at radius 1 is 1.36 bits per heavy atom. The zero-order valence-electron chi connectivity index (χ0n) is 13.9. The van der Waals surface area contributed by atoms with Crippen molar-refractivity contribution >= 4 is 17.2 Å². The molecule has 0 saturated heterocycles. The average molecular weight is 383 g/mol. The highest BCUT2D eigenvalue weighted by Gasteiger charge is 2.30. The standard InChI is InChI=1S/C15H24F3N3O3S/c1-9(22)4-5-10(19)13(24)21-11(3-2-6-15(16,17)18)12(23)14-20-7-8-25-14/h7-12,22-23H,2-6,19H2,1H3,(H,21,24)/t9?,10-,11?,12?/m0/s1. The van der Waals surface area contributed by atoms with Gasteiger partial charge in [-0.2, -0.15) is 13.2 Å². The molecular weight excluding hydrogens is 359 g/mol. The molecule has 144 valence electrons. The molecule has 0 bridgehead atoms. The van der Waals surface area contributed by atoms with Crippen molar-refractivity contribution < 1.29 is 28.2 Å². The van der Waals surface area contributed by atoms with Crippen molar-refractivity contribution in [3.8, 4) is 0 Å². The number of nitrogens with one attached hydrogen (secondary N) is 1. The Labute approximate surface area is 148 Å². The van der Waals surface area contributed by atoms with Crippen LogP contribution in [0.1, 0.15) is 50.1 Å². The molecule has 4 atom stereocenters. The maximum absolute atomic E-state index is 12.3. The van der Waals surface area contributed by atoms with Gasteiger partial charge in [-0.05, 0) is 32.6 Å². The first kappa shape index (κ1) is 21.8. The molecule has 1 aromatic heterocycles. The number of hydrogen-bond acceptors (Lipinski definition) is 6. The smallest absolute Gasteiger partial charge is 0.389 e. The second-order valence-corrected chi connectivity index (χ2v) is 6.90. The van der Waals surface area contributed by atoms with Crippen LogP contribution in [-0.4, -0.2) is 45.5 Å². The maximum atomic E-state index is 12.3. The Balaban J connectivity index is 2.68. The molecule has 1 heterocycles. The van der Waals surface area contributed by atoms with E-state index < -0.39 is 42.8 Å². The van der Waals surface area contributed by atoms with Gasteiger partial charge in [0.2, 0.25) is 5.91 Å². The van der Waals surface area contributed by atoms with Crippen LogP contribution in [0.4, 0.5) is 13.2 Å². The molecule has 0 saturated carbocycles. The first-order chi connectivity index (χ1) is 11.6. The fourth-order valence-electron chi connectivity index (χ4n) is 2.23. The molecule has 25 heavy (non-hydrogen) atoms. The van der Waals surface area contributed by atoms with Crippen molar-refractivity contribution in [3.05, 3.63) is 16.6 Å². The van der Waals surface area contributed by atoms with E-state index in [1.165, 1.54) is 6.20 Å². The van der Waals surface area contributed by atoms with Gasteiger partial charge in [0.15, 0.2) is 0 Å². The molecule has 5 N–H and O–H groups in total. The van der Waals surface area contributed by atoms with Crippen LogP contribution in [0.3, 0.4) is 0 Å². The third-order valence-corrected chi connectivity index (χ3v) is 4.47. The Bertz CT molecular complexity index is 512. The van der Waals surface area contributed by atoms with Gasteiger partial charge in [0.1, 0.15) is 11.1 Å². The van der Waals surface area contributed by atoms with Crippen molar-refractivity contribution in [3.63, 3.8) is 0 Å². The number of alkyl halides is 3. The van der Waals surface area contributed by atoms with E-state index >= 15 is 0 Å². The lowest BCUT2D eigenvalue weighted by atomic mass is 10.0. The predicted octanol–water partition coefficient (Wildman–Crippen LogP) is 1.88. The number of thiazole rings is 1. The number of aliphatic hydroxyl groups excluding tert-OH is 2. The lowest BCUT2D eigenvalue weighted by Gasteiger charge is -2.25. The van der Waals surface area contributed by atoms with Crippen LogP contribution in [0.5, 0.6) is 0 Å². The van der Waals surface area contributed by atoms with E-state index in [0.29, 0.717) is 11.4 Å². The maximum Gasteiger partial charge on any atom is 0.389 e. The minimum atomic E-state index is -4.30. The summed E-state index contributed by atoms with van der Waals surface area (Å²) in [6.07, 6.45) is -5.40. The number of nitrogens with zero attached hydrogens (tertiary/aromatic N) is 1. The van der Waals surface area contributed by atoms with Crippen LogP contribution < -0.4 is 11.1 Å². The van der Waals surface area contributed by atoms with Gasteiger partial charge in [-0.25, -0.2) is 4.98 Å². The predicted molar refractivity (Wildman–Crippen MR) is 87.8 cm³/mol. The average Bonchev–Trinajstić information content (AvgIpc) is 3.03. The van der Waals surface area contributed by atoms with Crippen molar-refractivity contribution in [1.82, 2.24) is 10.3 Å². The SMILES string of the molecule is CC(O)CC[C@H](N)C(=O)NC(CCCC(F)(F)F)C(O)c1nccs1. The Hall–Kier alpha value is -1.23. The largest absolute Gasteiger partial charge is 0.393 e. The summed E-state index contributed by atoms with van der Waals surface area (Å²) >= 11 is 1.15. The number of rotatable bonds is 10. The van der Waals surface area contributed by atoms with Gasteiger partial charge in [-0.15, -0.1) is 11.3 Å². The fraction of sp³-hybridized carbons (Fsp3) is 0.733. The molecule has 0 aliphatic heterocycles. The van der Waals surface area contributed by atoms with Gasteiger partial charge < -0.3 is 21.3 Å². The van der Waals surface area contributed by atoms with E-state index in [2.05, 4.69) is 10.3 Å². The molecule has 0 spiro atoms. The summed E-state index contributed by atoms with van der Waals surface area (Å²) in [6, 6.07) is -1.83. The molecule has 3 unspecified atom stereocenters.